The van der Waals surface area contributed by atoms with E-state index >= 15 is 0 Å². The van der Waals surface area contributed by atoms with Crippen LogP contribution in [-0.4, -0.2) is 40.4 Å². The van der Waals surface area contributed by atoms with Crippen LogP contribution in [0.2, 0.25) is 0 Å². The van der Waals surface area contributed by atoms with Crippen LogP contribution < -0.4 is 0 Å². The first-order chi connectivity index (χ1) is 0. The van der Waals surface area contributed by atoms with Crippen LogP contribution in [0.5, 0.6) is 0 Å². The van der Waals surface area contributed by atoms with E-state index in [9.17, 15) is 0 Å². The van der Waals surface area contributed by atoms with Gasteiger partial charge in [0.1, 0.15) is 0 Å². The predicted octanol–water partition coefficient (Wildman–Crippen LogP) is -2.11. The molecule has 0 aliphatic heterocycles. The summed E-state index contributed by atoms with van der Waals surface area (Å²) in [5.41, 5.74) is 0. The van der Waals surface area contributed by atoms with Crippen LogP contribution in [0.25, 0.3) is 0 Å². The van der Waals surface area contributed by atoms with Crippen LogP contribution >= 0.6 is 0 Å². The monoisotopic (exact) mass is 361 g/mol. The first-order valence-corrected chi connectivity index (χ1v) is 0. The van der Waals surface area contributed by atoms with Gasteiger partial charge in [0, 0.05) is 83.7 Å². The van der Waals surface area contributed by atoms with E-state index in [1.807, 2.05) is 0 Å². The van der Waals surface area contributed by atoms with Gasteiger partial charge in [-0.15, -0.1) is 0 Å². The van der Waals surface area contributed by atoms with Crippen molar-refractivity contribution in [3.63, 3.8) is 0 Å². The molecule has 0 spiro atoms. The maximum Gasteiger partial charge on any atom is 0.316 e. The Morgan fingerprint density at radius 2 is 1.00 bits per heavy atom. The van der Waals surface area contributed by atoms with E-state index in [2.05, 4.69) is 0 Å². The fourth-order valence-electron chi connectivity index (χ4n) is 0. The molecular weight excluding hydrogens is 356 g/mol. The Balaban J connectivity index is 0. The summed E-state index contributed by atoms with van der Waals surface area (Å²) >= 11 is 0. The zero-order chi connectivity index (χ0) is 0. The molecule has 0 aliphatic carbocycles. The van der Waals surface area contributed by atoms with Gasteiger partial charge in [-0.25, -0.2) is 0 Å². The van der Waals surface area contributed by atoms with Gasteiger partial charge in [0.15, 0.2) is 17.4 Å². The minimum atomic E-state index is 0. The third kappa shape index (κ3) is 18.0. The smallest absolute Gasteiger partial charge is 0 e. The molecule has 31 valence electrons. The summed E-state index contributed by atoms with van der Waals surface area (Å²) in [6, 6.07) is 0. The molecule has 0 heterocycles. The van der Waals surface area contributed by atoms with Crippen LogP contribution in [0.3, 0.4) is 0 Å². The predicted molar refractivity (Wildman–Crippen MR) is 18.5 cm³/mol. The molecule has 0 fully saturated rings. The summed E-state index contributed by atoms with van der Waals surface area (Å²) in [5.74, 6) is 0. The number of rotatable bonds is 0. The topological polar surface area (TPSA) is 0 Å². The summed E-state index contributed by atoms with van der Waals surface area (Å²) in [6.45, 7) is 0. The second kappa shape index (κ2) is 24.4. The Labute approximate surface area is 121 Å². The molecule has 0 amide bonds. The first kappa shape index (κ1) is 35.8. The van der Waals surface area contributed by atoms with Crippen LogP contribution in [0.15, 0.2) is 0 Å². The Morgan fingerprint density at radius 1 is 1.00 bits per heavy atom. The Bertz CT molecular complexity index is 11.6. The van der Waals surface area contributed by atoms with Gasteiger partial charge in [-0.2, -0.15) is 0 Å². The molecule has 1 radical (unpaired) electrons. The van der Waals surface area contributed by atoms with Gasteiger partial charge in [-0.05, 0) is 0 Å². The molecule has 0 bridgehead atoms. The Morgan fingerprint density at radius 3 is 1.00 bits per heavy atom. The second-order valence-corrected chi connectivity index (χ2v) is 0. The molecule has 0 atom stereocenters. The van der Waals surface area contributed by atoms with Crippen LogP contribution in [0.1, 0.15) is 0 Å². The van der Waals surface area contributed by atoms with Crippen molar-refractivity contribution in [3.8, 4) is 0 Å². The molecule has 5 heavy (non-hydrogen) atoms. The average molecular weight is 361 g/mol. The average Bonchev–Trinajstić information content (AvgIpc) is 0. The number of hydrogen-bond acceptors (Lipinski definition) is 0. The van der Waals surface area contributed by atoms with Gasteiger partial charge in [0.2, 0.25) is 0 Å². The zero-order valence-electron chi connectivity index (χ0n) is 1.21. The second-order valence-electron chi connectivity index (χ2n) is 0. The molecule has 0 aromatic carbocycles. The van der Waals surface area contributed by atoms with E-state index in [1.54, 1.807) is 0 Å². The van der Waals surface area contributed by atoms with Crippen LogP contribution in [0, 0.1) is 40.4 Å². The summed E-state index contributed by atoms with van der Waals surface area (Å²) in [7, 11) is 0. The number of hydrogen-bond donors (Lipinski definition) is 0. The maximum absolute atomic E-state index is 0. The molecule has 0 saturated heterocycles. The van der Waals surface area contributed by atoms with Crippen molar-refractivity contribution in [3.05, 3.63) is 0 Å². The van der Waals surface area contributed by atoms with E-state index in [4.69, 9.17) is 0 Å². The van der Waals surface area contributed by atoms with Crippen LogP contribution in [0.4, 0.5) is 0 Å². The van der Waals surface area contributed by atoms with Gasteiger partial charge >= 0.3 is 23.1 Å². The largest absolute Gasteiger partial charge is 0.316 e. The van der Waals surface area contributed by atoms with E-state index in [-0.39, 0.29) is 124 Å². The fourth-order valence-corrected chi connectivity index (χ4v) is 0. The van der Waals surface area contributed by atoms with Crippen molar-refractivity contribution < 1.29 is 83.7 Å². The standard InChI is InChI=1S/Al.Cu.Mg.Sm.Zr.5H. The Kier molecular flexibility index (Phi) is 175. The minimum absolute atomic E-state index is 0. The quantitative estimate of drug-likeness (QED) is 0.434. The normalized spacial score (nSPS) is 0. The van der Waals surface area contributed by atoms with Crippen molar-refractivity contribution in [1.29, 1.82) is 0 Å². The van der Waals surface area contributed by atoms with Crippen molar-refractivity contribution in [2.75, 3.05) is 0 Å². The molecule has 0 nitrogen and oxygen atoms in total. The zero-order valence-corrected chi connectivity index (χ0v) is 7.23. The van der Waals surface area contributed by atoms with E-state index in [0.717, 1.165) is 0 Å². The third-order valence-corrected chi connectivity index (χ3v) is 0. The fraction of sp³-hybridized carbons (Fsp3) is 0. The molecule has 0 aromatic rings. The van der Waals surface area contributed by atoms with Gasteiger partial charge in [0.25, 0.3) is 0 Å². The van der Waals surface area contributed by atoms with Crippen molar-refractivity contribution >= 4 is 40.4 Å². The first-order valence-electron chi connectivity index (χ1n) is 0. The van der Waals surface area contributed by atoms with E-state index in [1.165, 1.54) is 0 Å². The van der Waals surface area contributed by atoms with Crippen molar-refractivity contribution in [2.45, 2.75) is 0 Å². The molecular formula is H5AlCuMgSmZr. The molecule has 0 aliphatic rings. The molecule has 0 aromatic heterocycles. The SMILES string of the molecule is [AlH3].[Cu].[MgH2].[Sm].[Zr]. The van der Waals surface area contributed by atoms with Crippen molar-refractivity contribution in [1.82, 2.24) is 0 Å². The van der Waals surface area contributed by atoms with Crippen molar-refractivity contribution in [2.24, 2.45) is 0 Å². The van der Waals surface area contributed by atoms with E-state index < -0.39 is 0 Å². The van der Waals surface area contributed by atoms with Gasteiger partial charge in [-0.3, -0.25) is 0 Å². The third-order valence-electron chi connectivity index (χ3n) is 0. The van der Waals surface area contributed by atoms with Gasteiger partial charge < -0.3 is 0 Å². The summed E-state index contributed by atoms with van der Waals surface area (Å²) in [6.07, 6.45) is 0. The summed E-state index contributed by atoms with van der Waals surface area (Å²) in [5, 5.41) is 0. The maximum atomic E-state index is 0. The molecule has 0 saturated carbocycles. The van der Waals surface area contributed by atoms with Gasteiger partial charge in [0.05, 0.1) is 0 Å². The van der Waals surface area contributed by atoms with E-state index in [0.29, 0.717) is 0 Å². The summed E-state index contributed by atoms with van der Waals surface area (Å²) in [4.78, 5) is 0. The molecule has 0 unspecified atom stereocenters. The van der Waals surface area contributed by atoms with Crippen LogP contribution in [-0.2, 0) is 43.3 Å². The van der Waals surface area contributed by atoms with Gasteiger partial charge in [-0.1, -0.05) is 0 Å². The summed E-state index contributed by atoms with van der Waals surface area (Å²) < 4.78 is 0. The molecule has 0 rings (SSSR count). The minimum Gasteiger partial charge on any atom is 0 e. The molecule has 0 N–H and O–H groups in total. The molecule has 5 heteroatoms. The Hall–Kier alpha value is 4.04.